The maximum atomic E-state index is 10.8. The van der Waals surface area contributed by atoms with Crippen LogP contribution in [0.2, 0.25) is 20.1 Å². The van der Waals surface area contributed by atoms with Gasteiger partial charge in [-0.2, -0.15) is 0 Å². The van der Waals surface area contributed by atoms with Gasteiger partial charge >= 0.3 is 0 Å². The first-order chi connectivity index (χ1) is 14.9. The van der Waals surface area contributed by atoms with Crippen LogP contribution in [0, 0.1) is 0 Å². The Kier molecular flexibility index (Phi) is 7.33. The molecule has 0 radical (unpaired) electrons. The normalized spacial score (nSPS) is 18.2. The van der Waals surface area contributed by atoms with E-state index in [4.69, 9.17) is 46.4 Å². The molecule has 7 heteroatoms. The summed E-state index contributed by atoms with van der Waals surface area (Å²) in [6.07, 6.45) is -0.589. The highest BCUT2D eigenvalue weighted by atomic mass is 35.5. The van der Waals surface area contributed by atoms with Crippen LogP contribution in [0.5, 0.6) is 0 Å². The molecule has 1 saturated heterocycles. The van der Waals surface area contributed by atoms with Gasteiger partial charge in [0.25, 0.3) is 0 Å². The predicted molar refractivity (Wildman–Crippen MR) is 131 cm³/mol. The monoisotopic (exact) mass is 494 g/mol. The molecule has 4 rings (SSSR count). The van der Waals surface area contributed by atoms with Gasteiger partial charge in [-0.1, -0.05) is 70.7 Å². The minimum atomic E-state index is -0.589. The molecular weight excluding hydrogens is 474 g/mol. The second-order valence-electron chi connectivity index (χ2n) is 7.68. The fourth-order valence-corrected chi connectivity index (χ4v) is 4.78. The van der Waals surface area contributed by atoms with Crippen LogP contribution < -0.4 is 4.90 Å². The molecule has 162 valence electrons. The van der Waals surface area contributed by atoms with Crippen molar-refractivity contribution in [2.24, 2.45) is 0 Å². The van der Waals surface area contributed by atoms with Crippen molar-refractivity contribution in [1.29, 1.82) is 0 Å². The molecule has 1 aliphatic heterocycles. The second kappa shape index (κ2) is 9.99. The molecule has 1 N–H and O–H groups in total. The van der Waals surface area contributed by atoms with Crippen LogP contribution in [-0.2, 0) is 0 Å². The molecular formula is C24H22Cl4N2O. The summed E-state index contributed by atoms with van der Waals surface area (Å²) in [5.41, 5.74) is 2.95. The Morgan fingerprint density at radius 3 is 2.06 bits per heavy atom. The molecule has 1 heterocycles. The third kappa shape index (κ3) is 5.48. The molecule has 1 aliphatic rings. The van der Waals surface area contributed by atoms with Crippen molar-refractivity contribution >= 4 is 52.1 Å². The number of anilines is 1. The minimum absolute atomic E-state index is 0.0575. The largest absolute Gasteiger partial charge is 0.387 e. The molecule has 0 spiro atoms. The Morgan fingerprint density at radius 1 is 0.806 bits per heavy atom. The van der Waals surface area contributed by atoms with Crippen LogP contribution in [-0.4, -0.2) is 36.2 Å². The summed E-state index contributed by atoms with van der Waals surface area (Å²) >= 11 is 24.8. The summed E-state index contributed by atoms with van der Waals surface area (Å²) in [5, 5.41) is 13.4. The summed E-state index contributed by atoms with van der Waals surface area (Å²) < 4.78 is 0. The van der Waals surface area contributed by atoms with Crippen molar-refractivity contribution < 1.29 is 5.11 Å². The minimum Gasteiger partial charge on any atom is -0.387 e. The van der Waals surface area contributed by atoms with Gasteiger partial charge in [-0.3, -0.25) is 4.90 Å². The summed E-state index contributed by atoms with van der Waals surface area (Å²) in [7, 11) is 0. The maximum absolute atomic E-state index is 10.8. The molecule has 3 nitrogen and oxygen atoms in total. The number of nitrogens with zero attached hydrogens (tertiary/aromatic N) is 2. The summed E-state index contributed by atoms with van der Waals surface area (Å²) in [6.45, 7) is 2.84. The topological polar surface area (TPSA) is 26.7 Å². The molecule has 0 amide bonds. The highest BCUT2D eigenvalue weighted by molar-refractivity contribution is 6.36. The fourth-order valence-electron chi connectivity index (χ4n) is 4.01. The molecule has 3 aromatic rings. The first kappa shape index (κ1) is 22.7. The third-order valence-corrected chi connectivity index (χ3v) is 6.67. The highest BCUT2D eigenvalue weighted by Crippen LogP contribution is 2.37. The third-order valence-electron chi connectivity index (χ3n) is 5.62. The Labute approximate surface area is 202 Å². The zero-order chi connectivity index (χ0) is 22.0. The number of β-amino-alcohol motifs (C(OH)–C–C–N with tert-alkyl or cyclic N) is 1. The van der Waals surface area contributed by atoms with Crippen molar-refractivity contribution in [1.82, 2.24) is 4.90 Å². The number of hydrogen-bond donors (Lipinski definition) is 1. The number of halogens is 4. The van der Waals surface area contributed by atoms with Gasteiger partial charge in [0.15, 0.2) is 0 Å². The molecule has 0 aromatic heterocycles. The molecule has 3 aromatic carbocycles. The standard InChI is InChI=1S/C24H22Cl4N2O/c25-18-5-1-16(2-6-18)23-14-29(15-24(31)17-3-7-19(26)8-4-17)11-12-30(23)22-10-9-20(27)13-21(22)28/h1-10,13,23-24,31H,11-12,14-15H2/t23-,24?/m0/s1. The number of piperazine rings is 1. The average molecular weight is 496 g/mol. The smallest absolute Gasteiger partial charge is 0.0916 e. The lowest BCUT2D eigenvalue weighted by Gasteiger charge is -2.44. The number of aliphatic hydroxyl groups excluding tert-OH is 1. The lowest BCUT2D eigenvalue weighted by atomic mass is 10.0. The van der Waals surface area contributed by atoms with Crippen LogP contribution in [0.15, 0.2) is 66.7 Å². The van der Waals surface area contributed by atoms with Crippen LogP contribution in [0.25, 0.3) is 0 Å². The molecule has 0 bridgehead atoms. The van der Waals surface area contributed by atoms with Crippen molar-refractivity contribution in [3.05, 3.63) is 97.9 Å². The van der Waals surface area contributed by atoms with E-state index in [0.717, 1.165) is 36.4 Å². The quantitative estimate of drug-likeness (QED) is 0.417. The van der Waals surface area contributed by atoms with Crippen molar-refractivity contribution in [3.8, 4) is 0 Å². The fraction of sp³-hybridized carbons (Fsp3) is 0.250. The van der Waals surface area contributed by atoms with E-state index < -0.39 is 6.10 Å². The zero-order valence-corrected chi connectivity index (χ0v) is 19.7. The number of aliphatic hydroxyl groups is 1. The molecule has 31 heavy (non-hydrogen) atoms. The van der Waals surface area contributed by atoms with Gasteiger partial charge in [0.2, 0.25) is 0 Å². The van der Waals surface area contributed by atoms with Gasteiger partial charge in [0.05, 0.1) is 22.9 Å². The molecule has 1 fully saturated rings. The van der Waals surface area contributed by atoms with Crippen molar-refractivity contribution in [2.75, 3.05) is 31.1 Å². The first-order valence-corrected chi connectivity index (χ1v) is 11.5. The van der Waals surface area contributed by atoms with Gasteiger partial charge in [-0.25, -0.2) is 0 Å². The van der Waals surface area contributed by atoms with Gasteiger partial charge in [0.1, 0.15) is 0 Å². The lowest BCUT2D eigenvalue weighted by molar-refractivity contribution is 0.100. The van der Waals surface area contributed by atoms with Gasteiger partial charge in [-0.05, 0) is 53.6 Å². The highest BCUT2D eigenvalue weighted by Gasteiger charge is 2.30. The number of benzene rings is 3. The van der Waals surface area contributed by atoms with Crippen molar-refractivity contribution in [3.63, 3.8) is 0 Å². The summed E-state index contributed by atoms with van der Waals surface area (Å²) in [4.78, 5) is 4.58. The molecule has 2 atom stereocenters. The van der Waals surface area contributed by atoms with Crippen LogP contribution in [0.4, 0.5) is 5.69 Å². The predicted octanol–water partition coefficient (Wildman–Crippen LogP) is 6.90. The van der Waals surface area contributed by atoms with E-state index in [9.17, 15) is 5.11 Å². The van der Waals surface area contributed by atoms with E-state index in [2.05, 4.69) is 9.80 Å². The second-order valence-corrected chi connectivity index (χ2v) is 9.40. The Morgan fingerprint density at radius 2 is 1.42 bits per heavy atom. The van der Waals surface area contributed by atoms with E-state index in [1.165, 1.54) is 0 Å². The van der Waals surface area contributed by atoms with E-state index in [1.807, 2.05) is 48.5 Å². The van der Waals surface area contributed by atoms with Crippen LogP contribution in [0.1, 0.15) is 23.3 Å². The van der Waals surface area contributed by atoms with Gasteiger partial charge in [0, 0.05) is 41.2 Å². The Bertz CT molecular complexity index is 1030. The number of hydrogen-bond acceptors (Lipinski definition) is 3. The Hall–Kier alpha value is -1.46. The molecule has 0 saturated carbocycles. The van der Waals surface area contributed by atoms with E-state index in [0.29, 0.717) is 26.6 Å². The first-order valence-electron chi connectivity index (χ1n) is 10.0. The number of rotatable bonds is 5. The van der Waals surface area contributed by atoms with Gasteiger partial charge < -0.3 is 10.0 Å². The maximum Gasteiger partial charge on any atom is 0.0916 e. The van der Waals surface area contributed by atoms with Gasteiger partial charge in [-0.15, -0.1) is 0 Å². The Balaban J connectivity index is 1.58. The van der Waals surface area contributed by atoms with E-state index >= 15 is 0 Å². The zero-order valence-electron chi connectivity index (χ0n) is 16.7. The van der Waals surface area contributed by atoms with E-state index in [1.54, 1.807) is 18.2 Å². The van der Waals surface area contributed by atoms with E-state index in [-0.39, 0.29) is 6.04 Å². The van der Waals surface area contributed by atoms with Crippen LogP contribution >= 0.6 is 46.4 Å². The van der Waals surface area contributed by atoms with Crippen molar-refractivity contribution in [2.45, 2.75) is 12.1 Å². The summed E-state index contributed by atoms with van der Waals surface area (Å²) in [5.74, 6) is 0. The van der Waals surface area contributed by atoms with Crippen LogP contribution in [0.3, 0.4) is 0 Å². The molecule has 1 unspecified atom stereocenters. The lowest BCUT2D eigenvalue weighted by Crippen LogP contribution is -2.49. The SMILES string of the molecule is OC(CN1CCN(c2ccc(Cl)cc2Cl)[C@H](c2ccc(Cl)cc2)C1)c1ccc(Cl)cc1. The summed E-state index contributed by atoms with van der Waals surface area (Å²) in [6, 6.07) is 20.9. The average Bonchev–Trinajstić information content (AvgIpc) is 2.75. The molecule has 0 aliphatic carbocycles.